The summed E-state index contributed by atoms with van der Waals surface area (Å²) in [6, 6.07) is 0. The number of ether oxygens (including phenoxy) is 2. The molecule has 3 heteroatoms. The molecule has 0 aliphatic heterocycles. The van der Waals surface area contributed by atoms with Crippen molar-refractivity contribution >= 4 is 6.16 Å². The highest BCUT2D eigenvalue weighted by Gasteiger charge is 2.02. The first-order valence-electron chi connectivity index (χ1n) is 2.58. The molecule has 3 nitrogen and oxygen atoms in total. The Kier molecular flexibility index (Phi) is 3.51. The lowest BCUT2D eigenvalue weighted by Gasteiger charge is -2.05. The van der Waals surface area contributed by atoms with Gasteiger partial charge in [0, 0.05) is 0 Å². The van der Waals surface area contributed by atoms with Crippen molar-refractivity contribution in [3.63, 3.8) is 0 Å². The highest BCUT2D eigenvalue weighted by atomic mass is 16.7. The minimum absolute atomic E-state index is 0.280. The third-order valence-corrected chi connectivity index (χ3v) is 0.781. The SMILES string of the molecule is C=C[C@@H](C)OC(=O)OC. The minimum Gasteiger partial charge on any atom is -0.438 e. The Morgan fingerprint density at radius 1 is 1.78 bits per heavy atom. The summed E-state index contributed by atoms with van der Waals surface area (Å²) in [6.45, 7) is 5.11. The zero-order valence-electron chi connectivity index (χ0n) is 5.59. The molecule has 0 saturated heterocycles. The highest BCUT2D eigenvalue weighted by Crippen LogP contribution is 1.92. The van der Waals surface area contributed by atoms with Crippen LogP contribution in [0.25, 0.3) is 0 Å². The van der Waals surface area contributed by atoms with Crippen molar-refractivity contribution in [3.8, 4) is 0 Å². The molecule has 0 N–H and O–H groups in total. The molecule has 0 spiro atoms. The van der Waals surface area contributed by atoms with Gasteiger partial charge in [0.2, 0.25) is 0 Å². The van der Waals surface area contributed by atoms with E-state index >= 15 is 0 Å². The fourth-order valence-corrected chi connectivity index (χ4v) is 0.248. The zero-order valence-corrected chi connectivity index (χ0v) is 5.59. The normalized spacial score (nSPS) is 11.8. The Morgan fingerprint density at radius 2 is 2.33 bits per heavy atom. The molecular formula is C6H10O3. The first-order valence-corrected chi connectivity index (χ1v) is 2.58. The van der Waals surface area contributed by atoms with Crippen LogP contribution in [-0.2, 0) is 9.47 Å². The smallest absolute Gasteiger partial charge is 0.438 e. The summed E-state index contributed by atoms with van der Waals surface area (Å²) >= 11 is 0. The number of hydrogen-bond donors (Lipinski definition) is 0. The van der Waals surface area contributed by atoms with Crippen molar-refractivity contribution in [3.05, 3.63) is 12.7 Å². The molecule has 0 aromatic rings. The predicted octanol–water partition coefficient (Wildman–Crippen LogP) is 1.34. The van der Waals surface area contributed by atoms with Gasteiger partial charge in [-0.1, -0.05) is 12.7 Å². The highest BCUT2D eigenvalue weighted by molar-refractivity contribution is 5.59. The Morgan fingerprint density at radius 3 is 2.67 bits per heavy atom. The lowest BCUT2D eigenvalue weighted by Crippen LogP contribution is -2.11. The number of rotatable bonds is 2. The van der Waals surface area contributed by atoms with Gasteiger partial charge in [-0.3, -0.25) is 0 Å². The van der Waals surface area contributed by atoms with Crippen molar-refractivity contribution < 1.29 is 14.3 Å². The second kappa shape index (κ2) is 3.95. The summed E-state index contributed by atoms with van der Waals surface area (Å²) in [5.41, 5.74) is 0. The lowest BCUT2D eigenvalue weighted by molar-refractivity contribution is 0.0579. The summed E-state index contributed by atoms with van der Waals surface area (Å²) in [5, 5.41) is 0. The average molecular weight is 130 g/mol. The van der Waals surface area contributed by atoms with Crippen LogP contribution in [0.2, 0.25) is 0 Å². The van der Waals surface area contributed by atoms with Gasteiger partial charge in [0.15, 0.2) is 0 Å². The van der Waals surface area contributed by atoms with Gasteiger partial charge < -0.3 is 9.47 Å². The van der Waals surface area contributed by atoms with Gasteiger partial charge in [0.05, 0.1) is 7.11 Å². The maximum Gasteiger partial charge on any atom is 0.508 e. The first-order chi connectivity index (χ1) is 4.20. The Balaban J connectivity index is 3.46. The molecule has 0 saturated carbocycles. The first kappa shape index (κ1) is 8.01. The van der Waals surface area contributed by atoms with E-state index in [1.165, 1.54) is 13.2 Å². The van der Waals surface area contributed by atoms with Crippen LogP contribution >= 0.6 is 0 Å². The van der Waals surface area contributed by atoms with Gasteiger partial charge >= 0.3 is 6.16 Å². The second-order valence-corrected chi connectivity index (χ2v) is 1.51. The van der Waals surface area contributed by atoms with E-state index in [2.05, 4.69) is 16.1 Å². The van der Waals surface area contributed by atoms with E-state index in [0.717, 1.165) is 0 Å². The predicted molar refractivity (Wildman–Crippen MR) is 33.1 cm³/mol. The lowest BCUT2D eigenvalue weighted by atomic mass is 10.4. The van der Waals surface area contributed by atoms with Gasteiger partial charge in [-0.2, -0.15) is 0 Å². The van der Waals surface area contributed by atoms with Crippen LogP contribution in [0.15, 0.2) is 12.7 Å². The topological polar surface area (TPSA) is 35.5 Å². The molecule has 9 heavy (non-hydrogen) atoms. The van der Waals surface area contributed by atoms with Crippen LogP contribution in [0.3, 0.4) is 0 Å². The third kappa shape index (κ3) is 3.58. The molecule has 0 heterocycles. The zero-order chi connectivity index (χ0) is 7.28. The Bertz CT molecular complexity index is 109. The van der Waals surface area contributed by atoms with E-state index in [9.17, 15) is 4.79 Å². The van der Waals surface area contributed by atoms with E-state index in [1.54, 1.807) is 6.92 Å². The summed E-state index contributed by atoms with van der Waals surface area (Å²) in [7, 11) is 1.26. The summed E-state index contributed by atoms with van der Waals surface area (Å²) < 4.78 is 8.78. The Labute approximate surface area is 54.3 Å². The summed E-state index contributed by atoms with van der Waals surface area (Å²) in [6.07, 6.45) is 0.552. The minimum atomic E-state index is -0.678. The number of hydrogen-bond acceptors (Lipinski definition) is 3. The second-order valence-electron chi connectivity index (χ2n) is 1.51. The van der Waals surface area contributed by atoms with Gasteiger partial charge in [0.25, 0.3) is 0 Å². The third-order valence-electron chi connectivity index (χ3n) is 0.781. The van der Waals surface area contributed by atoms with Crippen LogP contribution < -0.4 is 0 Å². The Hall–Kier alpha value is -0.990. The van der Waals surface area contributed by atoms with Crippen LogP contribution in [0, 0.1) is 0 Å². The van der Waals surface area contributed by atoms with Crippen molar-refractivity contribution in [2.45, 2.75) is 13.0 Å². The molecule has 1 atom stereocenters. The maximum absolute atomic E-state index is 10.3. The molecular weight excluding hydrogens is 120 g/mol. The van der Waals surface area contributed by atoms with Crippen LogP contribution in [-0.4, -0.2) is 19.4 Å². The van der Waals surface area contributed by atoms with Crippen LogP contribution in [0.1, 0.15) is 6.92 Å². The summed E-state index contributed by atoms with van der Waals surface area (Å²) in [4.78, 5) is 10.3. The van der Waals surface area contributed by atoms with Crippen LogP contribution in [0.4, 0.5) is 4.79 Å². The fraction of sp³-hybridized carbons (Fsp3) is 0.500. The fourth-order valence-electron chi connectivity index (χ4n) is 0.248. The molecule has 0 unspecified atom stereocenters. The molecule has 0 bridgehead atoms. The maximum atomic E-state index is 10.3. The van der Waals surface area contributed by atoms with Gasteiger partial charge in [-0.15, -0.1) is 0 Å². The average Bonchev–Trinajstić information content (AvgIpc) is 1.87. The molecule has 0 fully saturated rings. The van der Waals surface area contributed by atoms with E-state index in [-0.39, 0.29) is 6.10 Å². The molecule has 0 aliphatic carbocycles. The molecule has 0 radical (unpaired) electrons. The molecule has 52 valence electrons. The van der Waals surface area contributed by atoms with E-state index in [4.69, 9.17) is 0 Å². The van der Waals surface area contributed by atoms with E-state index in [1.807, 2.05) is 0 Å². The van der Waals surface area contributed by atoms with Crippen molar-refractivity contribution in [1.29, 1.82) is 0 Å². The van der Waals surface area contributed by atoms with Crippen molar-refractivity contribution in [2.75, 3.05) is 7.11 Å². The molecule has 0 rings (SSSR count). The van der Waals surface area contributed by atoms with Gasteiger partial charge in [0.1, 0.15) is 6.10 Å². The number of carbonyl (C=O) groups excluding carboxylic acids is 1. The quantitative estimate of drug-likeness (QED) is 0.418. The molecule has 0 amide bonds. The number of methoxy groups -OCH3 is 1. The molecule has 0 aliphatic rings. The molecule has 0 aromatic heterocycles. The molecule has 0 aromatic carbocycles. The monoisotopic (exact) mass is 130 g/mol. The number of carbonyl (C=O) groups is 1. The van der Waals surface area contributed by atoms with Gasteiger partial charge in [-0.05, 0) is 6.92 Å². The summed E-state index contributed by atoms with van der Waals surface area (Å²) in [5.74, 6) is 0. The van der Waals surface area contributed by atoms with Crippen molar-refractivity contribution in [1.82, 2.24) is 0 Å². The largest absolute Gasteiger partial charge is 0.508 e. The van der Waals surface area contributed by atoms with Crippen molar-refractivity contribution in [2.24, 2.45) is 0 Å². The van der Waals surface area contributed by atoms with Gasteiger partial charge in [-0.25, -0.2) is 4.79 Å². The van der Waals surface area contributed by atoms with E-state index < -0.39 is 6.16 Å². The van der Waals surface area contributed by atoms with Crippen LogP contribution in [0.5, 0.6) is 0 Å². The van der Waals surface area contributed by atoms with E-state index in [0.29, 0.717) is 0 Å². The standard InChI is InChI=1S/C6H10O3/c1-4-5(2)9-6(7)8-3/h4-5H,1H2,2-3H3/t5-/m1/s1.